The third kappa shape index (κ3) is 7.87. The van der Waals surface area contributed by atoms with E-state index < -0.39 is 11.7 Å². The van der Waals surface area contributed by atoms with Gasteiger partial charge in [0, 0.05) is 82.2 Å². The molecular weight excluding hydrogens is 529 g/mol. The molecule has 2 aromatic carbocycles. The first-order chi connectivity index (χ1) is 18.4. The first kappa shape index (κ1) is 29.6. The van der Waals surface area contributed by atoms with E-state index in [0.717, 1.165) is 43.9 Å². The van der Waals surface area contributed by atoms with Gasteiger partial charge >= 0.3 is 6.18 Å². The van der Waals surface area contributed by atoms with Crippen LogP contribution >= 0.6 is 11.6 Å². The van der Waals surface area contributed by atoms with Crippen molar-refractivity contribution in [3.05, 3.63) is 64.2 Å². The standard InChI is InChI=1S/C29H38ClF3N4O2/c1-20-17-36(18-21(2)39-20)10-9-35-11-12-37(27(19-35)13-22-5-7-25(30)8-6-22)28(38)23-14-24(29(31,32)33)16-26(15-23)34(3)4/h5-8,14-16,20-21,27H,9-13,17-19H2,1-4H3/t20?,21?,27-/m1/s1. The number of ether oxygens (including phenoxy) is 1. The predicted octanol–water partition coefficient (Wildman–Crippen LogP) is 4.90. The van der Waals surface area contributed by atoms with Gasteiger partial charge in [0.2, 0.25) is 0 Å². The van der Waals surface area contributed by atoms with Gasteiger partial charge in [0.1, 0.15) is 0 Å². The van der Waals surface area contributed by atoms with E-state index in [4.69, 9.17) is 16.3 Å². The molecule has 0 saturated carbocycles. The van der Waals surface area contributed by atoms with E-state index in [9.17, 15) is 18.0 Å². The average Bonchev–Trinajstić information content (AvgIpc) is 2.87. The number of anilines is 1. The second kappa shape index (κ2) is 12.5. The number of carbonyl (C=O) groups is 1. The van der Waals surface area contributed by atoms with Crippen molar-refractivity contribution in [3.8, 4) is 0 Å². The fraction of sp³-hybridized carbons (Fsp3) is 0.552. The molecule has 1 amide bonds. The van der Waals surface area contributed by atoms with Crippen LogP contribution in [0.1, 0.15) is 35.3 Å². The minimum atomic E-state index is -4.54. The Kier molecular flexibility index (Phi) is 9.47. The molecule has 10 heteroatoms. The predicted molar refractivity (Wildman–Crippen MR) is 149 cm³/mol. The molecule has 0 aromatic heterocycles. The molecule has 4 rings (SSSR count). The fourth-order valence-corrected chi connectivity index (χ4v) is 5.66. The Morgan fingerprint density at radius 1 is 0.974 bits per heavy atom. The lowest BCUT2D eigenvalue weighted by atomic mass is 10.00. The van der Waals surface area contributed by atoms with Gasteiger partial charge in [-0.25, -0.2) is 0 Å². The summed E-state index contributed by atoms with van der Waals surface area (Å²) < 4.78 is 46.9. The van der Waals surface area contributed by atoms with Crippen LogP contribution < -0.4 is 4.90 Å². The van der Waals surface area contributed by atoms with Crippen molar-refractivity contribution in [2.75, 3.05) is 64.8 Å². The second-order valence-corrected chi connectivity index (χ2v) is 11.4. The highest BCUT2D eigenvalue weighted by atomic mass is 35.5. The van der Waals surface area contributed by atoms with E-state index in [1.54, 1.807) is 30.0 Å². The monoisotopic (exact) mass is 566 g/mol. The van der Waals surface area contributed by atoms with E-state index in [-0.39, 0.29) is 29.7 Å². The maximum absolute atomic E-state index is 13.8. The van der Waals surface area contributed by atoms with Crippen molar-refractivity contribution in [2.45, 2.75) is 44.7 Å². The SMILES string of the molecule is CC1CN(CCN2CCN(C(=O)c3cc(N(C)C)cc(C(F)(F)F)c3)[C@H](Cc3ccc(Cl)cc3)C2)CC(C)O1. The molecule has 2 unspecified atom stereocenters. The van der Waals surface area contributed by atoms with E-state index in [2.05, 4.69) is 23.6 Å². The summed E-state index contributed by atoms with van der Waals surface area (Å²) in [7, 11) is 3.34. The first-order valence-electron chi connectivity index (χ1n) is 13.4. The number of rotatable bonds is 7. The summed E-state index contributed by atoms with van der Waals surface area (Å²) in [6.45, 7) is 9.46. The number of nitrogens with zero attached hydrogens (tertiary/aromatic N) is 4. The summed E-state index contributed by atoms with van der Waals surface area (Å²) in [4.78, 5) is 21.9. The highest BCUT2D eigenvalue weighted by Gasteiger charge is 2.35. The number of amides is 1. The van der Waals surface area contributed by atoms with E-state index in [1.165, 1.54) is 0 Å². The van der Waals surface area contributed by atoms with E-state index in [1.807, 2.05) is 24.3 Å². The summed E-state index contributed by atoms with van der Waals surface area (Å²) in [5.74, 6) is -0.376. The van der Waals surface area contributed by atoms with Gasteiger partial charge in [-0.1, -0.05) is 23.7 Å². The smallest absolute Gasteiger partial charge is 0.378 e. The minimum absolute atomic E-state index is 0.0550. The fourth-order valence-electron chi connectivity index (χ4n) is 5.53. The molecule has 2 heterocycles. The van der Waals surface area contributed by atoms with Gasteiger partial charge in [-0.15, -0.1) is 0 Å². The van der Waals surface area contributed by atoms with Crippen LogP contribution in [0.3, 0.4) is 0 Å². The lowest BCUT2D eigenvalue weighted by Crippen LogP contribution is -2.57. The summed E-state index contributed by atoms with van der Waals surface area (Å²) in [5, 5.41) is 0.631. The minimum Gasteiger partial charge on any atom is -0.378 e. The van der Waals surface area contributed by atoms with Crippen LogP contribution in [0.15, 0.2) is 42.5 Å². The van der Waals surface area contributed by atoms with Gasteiger partial charge in [0.25, 0.3) is 5.91 Å². The Balaban J connectivity index is 1.54. The molecule has 214 valence electrons. The molecule has 2 aliphatic rings. The molecule has 0 N–H and O–H groups in total. The van der Waals surface area contributed by atoms with Gasteiger partial charge in [-0.05, 0) is 56.2 Å². The van der Waals surface area contributed by atoms with Crippen molar-refractivity contribution >= 4 is 23.2 Å². The van der Waals surface area contributed by atoms with Crippen molar-refractivity contribution < 1.29 is 22.7 Å². The summed E-state index contributed by atoms with van der Waals surface area (Å²) >= 11 is 6.08. The molecule has 0 aliphatic carbocycles. The zero-order chi connectivity index (χ0) is 28.3. The van der Waals surface area contributed by atoms with Crippen LogP contribution in [0.25, 0.3) is 0 Å². The molecule has 0 bridgehead atoms. The normalized spacial score (nSPS) is 23.2. The zero-order valence-corrected chi connectivity index (χ0v) is 23.8. The molecule has 0 spiro atoms. The Morgan fingerprint density at radius 3 is 2.23 bits per heavy atom. The van der Waals surface area contributed by atoms with Crippen molar-refractivity contribution in [1.29, 1.82) is 0 Å². The van der Waals surface area contributed by atoms with Gasteiger partial charge < -0.3 is 14.5 Å². The first-order valence-corrected chi connectivity index (χ1v) is 13.8. The van der Waals surface area contributed by atoms with E-state index >= 15 is 0 Å². The average molecular weight is 567 g/mol. The molecule has 6 nitrogen and oxygen atoms in total. The Bertz CT molecular complexity index is 1120. The van der Waals surface area contributed by atoms with E-state index in [0.29, 0.717) is 36.8 Å². The van der Waals surface area contributed by atoms with Crippen LogP contribution in [0.5, 0.6) is 0 Å². The van der Waals surface area contributed by atoms with Crippen LogP contribution in [-0.2, 0) is 17.3 Å². The number of morpholine rings is 1. The highest BCUT2D eigenvalue weighted by Crippen LogP contribution is 2.33. The van der Waals surface area contributed by atoms with Gasteiger partial charge in [0.15, 0.2) is 0 Å². The molecule has 2 aliphatic heterocycles. The van der Waals surface area contributed by atoms with Gasteiger partial charge in [-0.2, -0.15) is 13.2 Å². The Hall–Kier alpha value is -2.33. The quantitative estimate of drug-likeness (QED) is 0.477. The summed E-state index contributed by atoms with van der Waals surface area (Å²) in [5.41, 5.74) is 0.603. The number of hydrogen-bond donors (Lipinski definition) is 0. The molecule has 0 radical (unpaired) electrons. The van der Waals surface area contributed by atoms with Crippen LogP contribution in [0.2, 0.25) is 5.02 Å². The summed E-state index contributed by atoms with van der Waals surface area (Å²) in [6, 6.07) is 10.9. The van der Waals surface area contributed by atoms with Crippen LogP contribution in [0, 0.1) is 0 Å². The van der Waals surface area contributed by atoms with Crippen LogP contribution in [0.4, 0.5) is 18.9 Å². The molecule has 2 saturated heterocycles. The number of alkyl halides is 3. The number of halogens is 4. The van der Waals surface area contributed by atoms with Crippen molar-refractivity contribution in [3.63, 3.8) is 0 Å². The Morgan fingerprint density at radius 2 is 1.62 bits per heavy atom. The number of piperazine rings is 1. The number of benzene rings is 2. The molecule has 2 fully saturated rings. The molecule has 39 heavy (non-hydrogen) atoms. The van der Waals surface area contributed by atoms with Crippen molar-refractivity contribution in [1.82, 2.24) is 14.7 Å². The van der Waals surface area contributed by atoms with Gasteiger partial charge in [-0.3, -0.25) is 14.6 Å². The van der Waals surface area contributed by atoms with Crippen molar-refractivity contribution in [2.24, 2.45) is 0 Å². The zero-order valence-electron chi connectivity index (χ0n) is 23.0. The molecular formula is C29H38ClF3N4O2. The largest absolute Gasteiger partial charge is 0.416 e. The molecule has 2 aromatic rings. The number of carbonyl (C=O) groups excluding carboxylic acids is 1. The highest BCUT2D eigenvalue weighted by molar-refractivity contribution is 6.30. The van der Waals surface area contributed by atoms with Crippen LogP contribution in [-0.4, -0.2) is 98.8 Å². The second-order valence-electron chi connectivity index (χ2n) is 11.0. The maximum Gasteiger partial charge on any atom is 0.416 e. The molecule has 3 atom stereocenters. The maximum atomic E-state index is 13.8. The Labute approximate surface area is 234 Å². The third-order valence-corrected chi connectivity index (χ3v) is 7.70. The van der Waals surface area contributed by atoms with Gasteiger partial charge in [0.05, 0.1) is 17.8 Å². The lowest BCUT2D eigenvalue weighted by Gasteiger charge is -2.43. The topological polar surface area (TPSA) is 39.3 Å². The summed E-state index contributed by atoms with van der Waals surface area (Å²) in [6.07, 6.45) is -3.57. The third-order valence-electron chi connectivity index (χ3n) is 7.45. The number of hydrogen-bond acceptors (Lipinski definition) is 5. The lowest BCUT2D eigenvalue weighted by molar-refractivity contribution is -0.137.